The van der Waals surface area contributed by atoms with Crippen molar-refractivity contribution < 1.29 is 30.7 Å². The molecule has 0 saturated carbocycles. The lowest BCUT2D eigenvalue weighted by molar-refractivity contribution is -0.207. The molecule has 0 amide bonds. The van der Waals surface area contributed by atoms with Gasteiger partial charge in [0.05, 0.1) is 12.6 Å². The second-order valence-corrected chi connectivity index (χ2v) is 5.09. The van der Waals surface area contributed by atoms with Gasteiger partial charge in [0.15, 0.2) is 0 Å². The van der Waals surface area contributed by atoms with Crippen LogP contribution in [0, 0.1) is 11.8 Å². The van der Waals surface area contributed by atoms with Crippen LogP contribution in [0.1, 0.15) is 18.9 Å². The zero-order valence-electron chi connectivity index (χ0n) is 11.9. The molecule has 0 aromatic heterocycles. The Morgan fingerprint density at radius 3 is 1.77 bits per heavy atom. The molecule has 0 bridgehead atoms. The first-order valence-corrected chi connectivity index (χ1v) is 6.79. The quantitative estimate of drug-likeness (QED) is 0.593. The fraction of sp³-hybridized carbons (Fsp3) is 0.600. The fourth-order valence-electron chi connectivity index (χ4n) is 2.49. The molecule has 0 N–H and O–H groups in total. The minimum absolute atomic E-state index is 0.123. The first kappa shape index (κ1) is 18.8. The highest BCUT2D eigenvalue weighted by Gasteiger charge is 2.54. The Morgan fingerprint density at radius 2 is 1.41 bits per heavy atom. The van der Waals surface area contributed by atoms with Crippen LogP contribution in [0.25, 0.3) is 0 Å². The van der Waals surface area contributed by atoms with Crippen LogP contribution < -0.4 is 0 Å². The highest BCUT2D eigenvalue weighted by molar-refractivity contribution is 5.24. The highest BCUT2D eigenvalue weighted by atomic mass is 19.4. The SMILES string of the molecule is CCC(F)(c1ccccc1)C(CF)C(F)C(CF)C(F)(F)F. The van der Waals surface area contributed by atoms with Crippen LogP contribution in [-0.4, -0.2) is 25.7 Å². The van der Waals surface area contributed by atoms with E-state index >= 15 is 4.39 Å². The van der Waals surface area contributed by atoms with Crippen molar-refractivity contribution in [2.75, 3.05) is 13.3 Å². The van der Waals surface area contributed by atoms with Gasteiger partial charge >= 0.3 is 6.18 Å². The summed E-state index contributed by atoms with van der Waals surface area (Å²) in [7, 11) is 0. The van der Waals surface area contributed by atoms with Crippen LogP contribution in [0.4, 0.5) is 30.7 Å². The third-order valence-electron chi connectivity index (χ3n) is 3.88. The zero-order chi connectivity index (χ0) is 17.0. The summed E-state index contributed by atoms with van der Waals surface area (Å²) in [4.78, 5) is 0. The van der Waals surface area contributed by atoms with Crippen molar-refractivity contribution in [1.29, 1.82) is 0 Å². The predicted molar refractivity (Wildman–Crippen MR) is 69.4 cm³/mol. The summed E-state index contributed by atoms with van der Waals surface area (Å²) in [6, 6.07) is 6.86. The van der Waals surface area contributed by atoms with Crippen LogP contribution >= 0.6 is 0 Å². The van der Waals surface area contributed by atoms with Gasteiger partial charge in [-0.05, 0) is 12.0 Å². The van der Waals surface area contributed by atoms with Crippen molar-refractivity contribution in [2.24, 2.45) is 11.8 Å². The standard InChI is InChI=1S/C15H17F7/c1-2-14(19,10-6-4-3-5-7-10)11(8-16)13(18)12(9-17)15(20,21)22/h3-7,11-13H,2,8-9H2,1H3. The molecule has 0 saturated heterocycles. The van der Waals surface area contributed by atoms with E-state index in [1.165, 1.54) is 37.3 Å². The smallest absolute Gasteiger partial charge is 0.251 e. The molecular weight excluding hydrogens is 313 g/mol. The number of benzene rings is 1. The molecule has 22 heavy (non-hydrogen) atoms. The fourth-order valence-corrected chi connectivity index (χ4v) is 2.49. The van der Waals surface area contributed by atoms with Crippen molar-refractivity contribution in [2.45, 2.75) is 31.4 Å². The van der Waals surface area contributed by atoms with E-state index in [1.54, 1.807) is 0 Å². The molecule has 0 spiro atoms. The molecule has 4 unspecified atom stereocenters. The molecule has 1 rings (SSSR count). The molecule has 0 aliphatic heterocycles. The van der Waals surface area contributed by atoms with Crippen LogP contribution in [0.15, 0.2) is 30.3 Å². The van der Waals surface area contributed by atoms with Crippen molar-refractivity contribution in [3.05, 3.63) is 35.9 Å². The molecule has 0 aliphatic rings. The molecule has 1 aromatic carbocycles. The van der Waals surface area contributed by atoms with E-state index in [-0.39, 0.29) is 5.56 Å². The summed E-state index contributed by atoms with van der Waals surface area (Å²) in [5, 5.41) is 0. The van der Waals surface area contributed by atoms with E-state index in [0.29, 0.717) is 0 Å². The molecule has 1 aromatic rings. The van der Waals surface area contributed by atoms with E-state index in [1.807, 2.05) is 0 Å². The lowest BCUT2D eigenvalue weighted by Gasteiger charge is -2.36. The monoisotopic (exact) mass is 330 g/mol. The lowest BCUT2D eigenvalue weighted by Crippen LogP contribution is -2.46. The number of halogens is 7. The molecular formula is C15H17F7. The van der Waals surface area contributed by atoms with Gasteiger partial charge in [0.2, 0.25) is 0 Å². The number of hydrogen-bond acceptors (Lipinski definition) is 0. The third-order valence-corrected chi connectivity index (χ3v) is 3.88. The van der Waals surface area contributed by atoms with Crippen LogP contribution in [0.5, 0.6) is 0 Å². The van der Waals surface area contributed by atoms with Crippen molar-refractivity contribution in [1.82, 2.24) is 0 Å². The molecule has 7 heteroatoms. The zero-order valence-corrected chi connectivity index (χ0v) is 11.9. The van der Waals surface area contributed by atoms with E-state index in [2.05, 4.69) is 0 Å². The summed E-state index contributed by atoms with van der Waals surface area (Å²) in [6.45, 7) is -2.44. The van der Waals surface area contributed by atoms with Gasteiger partial charge in [-0.1, -0.05) is 37.3 Å². The minimum atomic E-state index is -5.20. The van der Waals surface area contributed by atoms with Gasteiger partial charge in [0.1, 0.15) is 24.4 Å². The summed E-state index contributed by atoms with van der Waals surface area (Å²) >= 11 is 0. The van der Waals surface area contributed by atoms with Crippen LogP contribution in [0.2, 0.25) is 0 Å². The normalized spacial score (nSPS) is 19.3. The number of rotatable bonds is 7. The molecule has 0 nitrogen and oxygen atoms in total. The van der Waals surface area contributed by atoms with Gasteiger partial charge < -0.3 is 0 Å². The van der Waals surface area contributed by atoms with Crippen LogP contribution in [-0.2, 0) is 5.67 Å². The predicted octanol–water partition coefficient (Wildman–Crippen LogP) is 5.33. The minimum Gasteiger partial charge on any atom is -0.251 e. The Labute approximate surface area is 124 Å². The Balaban J connectivity index is 3.21. The molecule has 0 aliphatic carbocycles. The topological polar surface area (TPSA) is 0 Å². The van der Waals surface area contributed by atoms with Crippen LogP contribution in [0.3, 0.4) is 0 Å². The maximum Gasteiger partial charge on any atom is 0.397 e. The van der Waals surface area contributed by atoms with Gasteiger partial charge in [-0.3, -0.25) is 8.78 Å². The average molecular weight is 330 g/mol. The summed E-state index contributed by atoms with van der Waals surface area (Å²) < 4.78 is 92.9. The lowest BCUT2D eigenvalue weighted by atomic mass is 9.76. The molecule has 0 radical (unpaired) electrons. The Bertz CT molecular complexity index is 445. The van der Waals surface area contributed by atoms with Gasteiger partial charge in [-0.15, -0.1) is 0 Å². The van der Waals surface area contributed by atoms with E-state index in [4.69, 9.17) is 0 Å². The molecule has 126 valence electrons. The second kappa shape index (κ2) is 7.33. The van der Waals surface area contributed by atoms with Gasteiger partial charge in [0.25, 0.3) is 0 Å². The van der Waals surface area contributed by atoms with E-state index in [9.17, 15) is 26.3 Å². The maximum atomic E-state index is 15.1. The van der Waals surface area contributed by atoms with E-state index in [0.717, 1.165) is 0 Å². The number of hydrogen-bond donors (Lipinski definition) is 0. The van der Waals surface area contributed by atoms with Gasteiger partial charge in [-0.25, -0.2) is 8.78 Å². The van der Waals surface area contributed by atoms with Crippen molar-refractivity contribution in [3.8, 4) is 0 Å². The number of alkyl halides is 7. The second-order valence-electron chi connectivity index (χ2n) is 5.09. The first-order valence-electron chi connectivity index (χ1n) is 6.79. The third kappa shape index (κ3) is 3.73. The van der Waals surface area contributed by atoms with Gasteiger partial charge in [-0.2, -0.15) is 13.2 Å². The maximum absolute atomic E-state index is 15.1. The van der Waals surface area contributed by atoms with Crippen molar-refractivity contribution in [3.63, 3.8) is 0 Å². The van der Waals surface area contributed by atoms with Gasteiger partial charge in [0, 0.05) is 0 Å². The highest BCUT2D eigenvalue weighted by Crippen LogP contribution is 2.45. The summed E-state index contributed by atoms with van der Waals surface area (Å²) in [6.07, 6.45) is -8.64. The Kier molecular flexibility index (Phi) is 6.26. The van der Waals surface area contributed by atoms with Crippen molar-refractivity contribution >= 4 is 0 Å². The Morgan fingerprint density at radius 1 is 0.909 bits per heavy atom. The van der Waals surface area contributed by atoms with E-state index < -0.39 is 49.6 Å². The molecule has 0 fully saturated rings. The largest absolute Gasteiger partial charge is 0.397 e. The molecule has 4 atom stereocenters. The summed E-state index contributed by atoms with van der Waals surface area (Å²) in [5.41, 5.74) is -2.77. The Hall–Kier alpha value is -1.27. The molecule has 0 heterocycles. The average Bonchev–Trinajstić information content (AvgIpc) is 2.47. The summed E-state index contributed by atoms with van der Waals surface area (Å²) in [5.74, 6) is -5.28. The first-order chi connectivity index (χ1) is 10.2.